The average molecular weight is 344 g/mol. The van der Waals surface area contributed by atoms with E-state index in [0.29, 0.717) is 0 Å². The van der Waals surface area contributed by atoms with Crippen molar-refractivity contribution in [2.45, 2.75) is 19.3 Å². The second-order valence-electron chi connectivity index (χ2n) is 5.31. The standard InChI is InChI=1S/C16H10F6N2/c1-9-6-7-24-12(8-9)23-13(14(24)16(20,21)22)10-2-4-11(5-3-10)15(17,18)19/h2-8H,1H3. The highest BCUT2D eigenvalue weighted by molar-refractivity contribution is 5.68. The number of hydrogen-bond donors (Lipinski definition) is 0. The lowest BCUT2D eigenvalue weighted by molar-refractivity contribution is -0.141. The molecule has 8 heteroatoms. The molecule has 0 atom stereocenters. The smallest absolute Gasteiger partial charge is 0.295 e. The van der Waals surface area contributed by atoms with E-state index in [1.54, 1.807) is 6.92 Å². The van der Waals surface area contributed by atoms with E-state index in [2.05, 4.69) is 4.98 Å². The van der Waals surface area contributed by atoms with Crippen molar-refractivity contribution in [3.63, 3.8) is 0 Å². The van der Waals surface area contributed by atoms with Gasteiger partial charge in [0.15, 0.2) is 5.69 Å². The molecule has 0 bridgehead atoms. The summed E-state index contributed by atoms with van der Waals surface area (Å²) >= 11 is 0. The van der Waals surface area contributed by atoms with Gasteiger partial charge in [0.1, 0.15) is 11.3 Å². The third-order valence-corrected chi connectivity index (χ3v) is 3.54. The van der Waals surface area contributed by atoms with E-state index in [-0.39, 0.29) is 11.2 Å². The lowest BCUT2D eigenvalue weighted by atomic mass is 10.1. The second-order valence-corrected chi connectivity index (χ2v) is 5.31. The molecule has 0 saturated carbocycles. The van der Waals surface area contributed by atoms with E-state index >= 15 is 0 Å². The highest BCUT2D eigenvalue weighted by Gasteiger charge is 2.39. The van der Waals surface area contributed by atoms with Gasteiger partial charge in [0, 0.05) is 11.8 Å². The van der Waals surface area contributed by atoms with Crippen LogP contribution in [0, 0.1) is 6.92 Å². The van der Waals surface area contributed by atoms with Gasteiger partial charge < -0.3 is 0 Å². The van der Waals surface area contributed by atoms with Gasteiger partial charge in [-0.2, -0.15) is 26.3 Å². The van der Waals surface area contributed by atoms with Gasteiger partial charge in [-0.3, -0.25) is 4.40 Å². The zero-order valence-electron chi connectivity index (χ0n) is 12.2. The zero-order chi connectivity index (χ0) is 17.7. The van der Waals surface area contributed by atoms with Gasteiger partial charge in [-0.15, -0.1) is 0 Å². The molecule has 2 aromatic heterocycles. The molecule has 0 amide bonds. The minimum Gasteiger partial charge on any atom is -0.295 e. The van der Waals surface area contributed by atoms with Crippen LogP contribution >= 0.6 is 0 Å². The molecule has 0 radical (unpaired) electrons. The van der Waals surface area contributed by atoms with Gasteiger partial charge in [0.25, 0.3) is 0 Å². The summed E-state index contributed by atoms with van der Waals surface area (Å²) in [6, 6.07) is 6.44. The van der Waals surface area contributed by atoms with Gasteiger partial charge in [0.05, 0.1) is 5.56 Å². The van der Waals surface area contributed by atoms with E-state index in [0.717, 1.165) is 34.2 Å². The van der Waals surface area contributed by atoms with Crippen molar-refractivity contribution in [1.82, 2.24) is 9.38 Å². The Morgan fingerprint density at radius 2 is 1.50 bits per heavy atom. The first kappa shape index (κ1) is 16.4. The summed E-state index contributed by atoms with van der Waals surface area (Å²) in [5.74, 6) is 0. The fraction of sp³-hybridized carbons (Fsp3) is 0.188. The van der Waals surface area contributed by atoms with Crippen LogP contribution in [-0.2, 0) is 12.4 Å². The Hall–Kier alpha value is -2.51. The van der Waals surface area contributed by atoms with E-state index in [1.807, 2.05) is 0 Å². The second kappa shape index (κ2) is 5.25. The van der Waals surface area contributed by atoms with Crippen LogP contribution in [0.25, 0.3) is 16.9 Å². The number of benzene rings is 1. The number of aryl methyl sites for hydroxylation is 1. The number of hydrogen-bond acceptors (Lipinski definition) is 1. The molecule has 0 N–H and O–H groups in total. The molecule has 0 spiro atoms. The quantitative estimate of drug-likeness (QED) is 0.544. The predicted molar refractivity (Wildman–Crippen MR) is 75.4 cm³/mol. The van der Waals surface area contributed by atoms with Crippen molar-refractivity contribution >= 4 is 5.65 Å². The molecule has 0 unspecified atom stereocenters. The molecule has 24 heavy (non-hydrogen) atoms. The number of halogens is 6. The molecule has 2 nitrogen and oxygen atoms in total. The molecule has 0 aliphatic heterocycles. The highest BCUT2D eigenvalue weighted by Crippen LogP contribution is 2.38. The summed E-state index contributed by atoms with van der Waals surface area (Å²) in [5, 5.41) is 0. The summed E-state index contributed by atoms with van der Waals surface area (Å²) in [6.07, 6.45) is -8.01. The van der Waals surface area contributed by atoms with Crippen molar-refractivity contribution in [2.75, 3.05) is 0 Å². The fourth-order valence-corrected chi connectivity index (χ4v) is 2.44. The van der Waals surface area contributed by atoms with Gasteiger partial charge in [-0.1, -0.05) is 12.1 Å². The maximum atomic E-state index is 13.4. The average Bonchev–Trinajstić information content (AvgIpc) is 2.85. The van der Waals surface area contributed by atoms with Gasteiger partial charge in [-0.25, -0.2) is 4.98 Å². The van der Waals surface area contributed by atoms with Crippen LogP contribution in [-0.4, -0.2) is 9.38 Å². The lowest BCUT2D eigenvalue weighted by Crippen LogP contribution is -2.10. The number of fused-ring (bicyclic) bond motifs is 1. The molecule has 3 aromatic rings. The predicted octanol–water partition coefficient (Wildman–Crippen LogP) is 5.35. The van der Waals surface area contributed by atoms with Crippen LogP contribution in [0.5, 0.6) is 0 Å². The highest BCUT2D eigenvalue weighted by atomic mass is 19.4. The van der Waals surface area contributed by atoms with Crippen molar-refractivity contribution in [1.29, 1.82) is 0 Å². The molecule has 2 heterocycles. The van der Waals surface area contributed by atoms with Gasteiger partial charge >= 0.3 is 12.4 Å². The number of nitrogens with zero attached hydrogens (tertiary/aromatic N) is 2. The molecule has 1 aromatic carbocycles. The Kier molecular flexibility index (Phi) is 3.58. The number of imidazole rings is 1. The van der Waals surface area contributed by atoms with Crippen LogP contribution < -0.4 is 0 Å². The number of pyridine rings is 1. The van der Waals surface area contributed by atoms with E-state index in [4.69, 9.17) is 0 Å². The Labute approximate surface area is 132 Å². The van der Waals surface area contributed by atoms with Crippen LogP contribution in [0.1, 0.15) is 16.8 Å². The van der Waals surface area contributed by atoms with E-state index in [1.165, 1.54) is 18.3 Å². The van der Waals surface area contributed by atoms with E-state index in [9.17, 15) is 26.3 Å². The molecule has 126 valence electrons. The Bertz CT molecular complexity index is 888. The third kappa shape index (κ3) is 2.83. The van der Waals surface area contributed by atoms with Gasteiger partial charge in [-0.05, 0) is 36.8 Å². The molecule has 0 aliphatic rings. The Morgan fingerprint density at radius 1 is 0.875 bits per heavy atom. The summed E-state index contributed by atoms with van der Waals surface area (Å²) in [7, 11) is 0. The normalized spacial score (nSPS) is 12.8. The summed E-state index contributed by atoms with van der Waals surface area (Å²) in [6.45, 7) is 1.71. The molecular weight excluding hydrogens is 334 g/mol. The molecule has 0 fully saturated rings. The van der Waals surface area contributed by atoms with Crippen molar-refractivity contribution in [3.05, 3.63) is 59.4 Å². The molecular formula is C16H10F6N2. The number of alkyl halides is 6. The maximum Gasteiger partial charge on any atom is 0.433 e. The molecule has 0 aliphatic carbocycles. The monoisotopic (exact) mass is 344 g/mol. The molecule has 0 saturated heterocycles. The SMILES string of the molecule is Cc1ccn2c(C(F)(F)F)c(-c3ccc(C(F)(F)F)cc3)nc2c1. The topological polar surface area (TPSA) is 17.3 Å². The first-order chi connectivity index (χ1) is 11.1. The minimum atomic E-state index is -4.70. The van der Waals surface area contributed by atoms with Crippen molar-refractivity contribution < 1.29 is 26.3 Å². The van der Waals surface area contributed by atoms with E-state index < -0.39 is 29.3 Å². The third-order valence-electron chi connectivity index (χ3n) is 3.54. The molecule has 3 rings (SSSR count). The summed E-state index contributed by atoms with van der Waals surface area (Å²) < 4.78 is 79.0. The number of rotatable bonds is 1. The minimum absolute atomic E-state index is 0.0309. The summed E-state index contributed by atoms with van der Waals surface area (Å²) in [4.78, 5) is 3.96. The fourth-order valence-electron chi connectivity index (χ4n) is 2.44. The zero-order valence-corrected chi connectivity index (χ0v) is 12.2. The summed E-state index contributed by atoms with van der Waals surface area (Å²) in [5.41, 5.74) is -1.58. The van der Waals surface area contributed by atoms with Gasteiger partial charge in [0.2, 0.25) is 0 Å². The Morgan fingerprint density at radius 3 is 2.04 bits per heavy atom. The number of aromatic nitrogens is 2. The van der Waals surface area contributed by atoms with Crippen LogP contribution in [0.4, 0.5) is 26.3 Å². The first-order valence-electron chi connectivity index (χ1n) is 6.81. The van der Waals surface area contributed by atoms with Crippen LogP contribution in [0.15, 0.2) is 42.6 Å². The Balaban J connectivity index is 2.22. The van der Waals surface area contributed by atoms with Crippen LogP contribution in [0.2, 0.25) is 0 Å². The maximum absolute atomic E-state index is 13.4. The van der Waals surface area contributed by atoms with Crippen molar-refractivity contribution in [2.24, 2.45) is 0 Å². The van der Waals surface area contributed by atoms with Crippen molar-refractivity contribution in [3.8, 4) is 11.3 Å². The largest absolute Gasteiger partial charge is 0.433 e. The first-order valence-corrected chi connectivity index (χ1v) is 6.81. The van der Waals surface area contributed by atoms with Crippen LogP contribution in [0.3, 0.4) is 0 Å². The lowest BCUT2D eigenvalue weighted by Gasteiger charge is -2.10.